The van der Waals surface area contributed by atoms with Crippen molar-refractivity contribution in [2.45, 2.75) is 37.7 Å². The van der Waals surface area contributed by atoms with Gasteiger partial charge in [-0.25, -0.2) is 0 Å². The zero-order valence-electron chi connectivity index (χ0n) is 10.4. The highest BCUT2D eigenvalue weighted by molar-refractivity contribution is 7.09. The van der Waals surface area contributed by atoms with Crippen LogP contribution in [0.3, 0.4) is 0 Å². The van der Waals surface area contributed by atoms with Crippen molar-refractivity contribution in [2.24, 2.45) is 0 Å². The van der Waals surface area contributed by atoms with Crippen LogP contribution in [0.4, 0.5) is 0 Å². The van der Waals surface area contributed by atoms with Gasteiger partial charge in [-0.1, -0.05) is 30.3 Å². The number of rotatable bonds is 5. The second kappa shape index (κ2) is 5.25. The fraction of sp³-hybridized carbons (Fsp3) is 0.375. The number of thiophene rings is 1. The van der Waals surface area contributed by atoms with Crippen molar-refractivity contribution in [3.63, 3.8) is 0 Å². The zero-order chi connectivity index (χ0) is 12.4. The van der Waals surface area contributed by atoms with Crippen LogP contribution in [0, 0.1) is 0 Å². The van der Waals surface area contributed by atoms with Gasteiger partial charge in [0.2, 0.25) is 0 Å². The van der Waals surface area contributed by atoms with E-state index in [9.17, 15) is 5.11 Å². The Kier molecular flexibility index (Phi) is 3.48. The van der Waals surface area contributed by atoms with Gasteiger partial charge in [0.15, 0.2) is 0 Å². The average Bonchev–Trinajstić information content (AvgIpc) is 3.13. The molecule has 1 saturated carbocycles. The summed E-state index contributed by atoms with van der Waals surface area (Å²) in [5.74, 6) is 0.759. The fourth-order valence-corrected chi connectivity index (χ4v) is 3.06. The van der Waals surface area contributed by atoms with Gasteiger partial charge in [0.1, 0.15) is 0 Å². The number of hydrogen-bond donors (Lipinski definition) is 1. The summed E-state index contributed by atoms with van der Waals surface area (Å²) in [5.41, 5.74) is 2.48. The van der Waals surface area contributed by atoms with Gasteiger partial charge in [-0.2, -0.15) is 0 Å². The lowest BCUT2D eigenvalue weighted by Crippen LogP contribution is -1.99. The van der Waals surface area contributed by atoms with Crippen molar-refractivity contribution in [3.05, 3.63) is 57.8 Å². The molecule has 18 heavy (non-hydrogen) atoms. The summed E-state index contributed by atoms with van der Waals surface area (Å²) in [6, 6.07) is 12.7. The van der Waals surface area contributed by atoms with Crippen molar-refractivity contribution in [2.75, 3.05) is 0 Å². The molecule has 0 saturated heterocycles. The molecule has 0 bridgehead atoms. The van der Waals surface area contributed by atoms with Crippen LogP contribution in [0.1, 0.15) is 47.3 Å². The number of aliphatic hydroxyl groups excluding tert-OH is 1. The first-order valence-corrected chi connectivity index (χ1v) is 7.51. The van der Waals surface area contributed by atoms with Gasteiger partial charge in [-0.05, 0) is 54.2 Å². The Labute approximate surface area is 112 Å². The molecule has 0 aliphatic heterocycles. The molecule has 1 nitrogen and oxygen atoms in total. The largest absolute Gasteiger partial charge is 0.388 e. The first-order chi connectivity index (χ1) is 8.83. The Morgan fingerprint density at radius 1 is 1.22 bits per heavy atom. The zero-order valence-corrected chi connectivity index (χ0v) is 11.2. The Balaban J connectivity index is 1.64. The molecule has 1 unspecified atom stereocenters. The third kappa shape index (κ3) is 2.82. The lowest BCUT2D eigenvalue weighted by atomic mass is 10.0. The fourth-order valence-electron chi connectivity index (χ4n) is 2.34. The Morgan fingerprint density at radius 2 is 2.11 bits per heavy atom. The topological polar surface area (TPSA) is 20.2 Å². The number of aliphatic hydroxyl groups is 1. The molecule has 2 heteroatoms. The molecular formula is C16H18OS. The minimum atomic E-state index is -0.328. The predicted molar refractivity (Wildman–Crippen MR) is 76.0 cm³/mol. The van der Waals surface area contributed by atoms with E-state index in [0.29, 0.717) is 0 Å². The molecule has 1 heterocycles. The maximum Gasteiger partial charge on any atom is 0.0793 e. The molecule has 0 radical (unpaired) electrons. The van der Waals surface area contributed by atoms with E-state index in [1.54, 1.807) is 11.3 Å². The van der Waals surface area contributed by atoms with E-state index in [2.05, 4.69) is 35.7 Å². The number of benzene rings is 1. The molecule has 3 rings (SSSR count). The van der Waals surface area contributed by atoms with Gasteiger partial charge in [0, 0.05) is 4.88 Å². The molecule has 94 valence electrons. The van der Waals surface area contributed by atoms with Crippen LogP contribution in [0.15, 0.2) is 41.8 Å². The van der Waals surface area contributed by atoms with Gasteiger partial charge < -0.3 is 5.11 Å². The number of aryl methyl sites for hydroxylation is 1. The van der Waals surface area contributed by atoms with E-state index >= 15 is 0 Å². The quantitative estimate of drug-likeness (QED) is 0.848. The second-order valence-electron chi connectivity index (χ2n) is 5.08. The van der Waals surface area contributed by atoms with E-state index in [1.165, 1.54) is 23.3 Å². The van der Waals surface area contributed by atoms with Crippen molar-refractivity contribution in [1.82, 2.24) is 0 Å². The van der Waals surface area contributed by atoms with E-state index < -0.39 is 0 Å². The Hall–Kier alpha value is -1.12. The Bertz CT molecular complexity index is 500. The monoisotopic (exact) mass is 258 g/mol. The van der Waals surface area contributed by atoms with Crippen LogP contribution in [-0.2, 0) is 6.42 Å². The van der Waals surface area contributed by atoms with Crippen LogP contribution in [0.5, 0.6) is 0 Å². The maximum atomic E-state index is 10.3. The first kappa shape index (κ1) is 11.9. The van der Waals surface area contributed by atoms with Crippen molar-refractivity contribution < 1.29 is 5.11 Å². The molecule has 0 amide bonds. The highest BCUT2D eigenvalue weighted by Crippen LogP contribution is 2.40. The van der Waals surface area contributed by atoms with Crippen LogP contribution < -0.4 is 0 Å². The van der Waals surface area contributed by atoms with Crippen LogP contribution in [0.2, 0.25) is 0 Å². The minimum absolute atomic E-state index is 0.328. The molecule has 1 aromatic heterocycles. The SMILES string of the molecule is OC(CCc1cccs1)c1cccc(C2CC2)c1. The van der Waals surface area contributed by atoms with Crippen molar-refractivity contribution in [1.29, 1.82) is 0 Å². The summed E-state index contributed by atoms with van der Waals surface area (Å²) in [4.78, 5) is 1.35. The summed E-state index contributed by atoms with van der Waals surface area (Å²) >= 11 is 1.77. The molecule has 2 aromatic rings. The molecule has 0 spiro atoms. The summed E-state index contributed by atoms with van der Waals surface area (Å²) in [7, 11) is 0. The van der Waals surface area contributed by atoms with Crippen molar-refractivity contribution in [3.8, 4) is 0 Å². The second-order valence-corrected chi connectivity index (χ2v) is 6.11. The smallest absolute Gasteiger partial charge is 0.0793 e. The summed E-state index contributed by atoms with van der Waals surface area (Å²) < 4.78 is 0. The van der Waals surface area contributed by atoms with Gasteiger partial charge in [0.25, 0.3) is 0 Å². The molecular weight excluding hydrogens is 240 g/mol. The molecule has 1 fully saturated rings. The average molecular weight is 258 g/mol. The molecule has 1 N–H and O–H groups in total. The lowest BCUT2D eigenvalue weighted by Gasteiger charge is -2.11. The molecule has 1 aliphatic carbocycles. The Morgan fingerprint density at radius 3 is 2.83 bits per heavy atom. The first-order valence-electron chi connectivity index (χ1n) is 6.63. The summed E-state index contributed by atoms with van der Waals surface area (Å²) in [5, 5.41) is 12.3. The van der Waals surface area contributed by atoms with Crippen LogP contribution in [0.25, 0.3) is 0 Å². The van der Waals surface area contributed by atoms with Crippen molar-refractivity contribution >= 4 is 11.3 Å². The molecule has 1 atom stereocenters. The molecule has 1 aliphatic rings. The number of hydrogen-bond acceptors (Lipinski definition) is 2. The van der Waals surface area contributed by atoms with E-state index in [-0.39, 0.29) is 6.10 Å². The highest BCUT2D eigenvalue weighted by atomic mass is 32.1. The van der Waals surface area contributed by atoms with Gasteiger partial charge in [0.05, 0.1) is 6.10 Å². The van der Waals surface area contributed by atoms with E-state index in [1.807, 2.05) is 6.07 Å². The third-order valence-electron chi connectivity index (χ3n) is 3.59. The highest BCUT2D eigenvalue weighted by Gasteiger charge is 2.23. The third-order valence-corrected chi connectivity index (χ3v) is 4.52. The maximum absolute atomic E-state index is 10.3. The molecule has 1 aromatic carbocycles. The van der Waals surface area contributed by atoms with Crippen LogP contribution >= 0.6 is 11.3 Å². The van der Waals surface area contributed by atoms with Crippen LogP contribution in [-0.4, -0.2) is 5.11 Å². The lowest BCUT2D eigenvalue weighted by molar-refractivity contribution is 0.168. The predicted octanol–water partition coefficient (Wildman–Crippen LogP) is 4.29. The van der Waals surface area contributed by atoms with Gasteiger partial charge >= 0.3 is 0 Å². The van der Waals surface area contributed by atoms with Gasteiger partial charge in [-0.15, -0.1) is 11.3 Å². The van der Waals surface area contributed by atoms with E-state index in [0.717, 1.165) is 24.3 Å². The minimum Gasteiger partial charge on any atom is -0.388 e. The standard InChI is InChI=1S/C16H18OS/c17-16(9-8-15-5-2-10-18-15)14-4-1-3-13(11-14)12-6-7-12/h1-5,10-12,16-17H,6-9H2. The normalized spacial score (nSPS) is 16.7. The van der Waals surface area contributed by atoms with E-state index in [4.69, 9.17) is 0 Å². The summed E-state index contributed by atoms with van der Waals surface area (Å²) in [6.07, 6.45) is 4.08. The summed E-state index contributed by atoms with van der Waals surface area (Å²) in [6.45, 7) is 0. The van der Waals surface area contributed by atoms with Gasteiger partial charge in [-0.3, -0.25) is 0 Å².